The minimum absolute atomic E-state index is 0.537. The highest BCUT2D eigenvalue weighted by Gasteiger charge is 2.10. The summed E-state index contributed by atoms with van der Waals surface area (Å²) in [6, 6.07) is 17.5. The van der Waals surface area contributed by atoms with Gasteiger partial charge >= 0.3 is 0 Å². The highest BCUT2D eigenvalue weighted by molar-refractivity contribution is 6.30. The molecule has 2 aromatic rings. The Kier molecular flexibility index (Phi) is 6.72. The van der Waals surface area contributed by atoms with Gasteiger partial charge in [0.05, 0.1) is 19.8 Å². The molecule has 0 radical (unpaired) electrons. The second kappa shape index (κ2) is 9.00. The molecule has 0 bridgehead atoms. The predicted molar refractivity (Wildman–Crippen MR) is 96.9 cm³/mol. The van der Waals surface area contributed by atoms with Gasteiger partial charge in [0.1, 0.15) is 17.6 Å². The number of nitrogens with zero attached hydrogens (tertiary/aromatic N) is 1. The van der Waals surface area contributed by atoms with Crippen molar-refractivity contribution in [1.82, 2.24) is 0 Å². The van der Waals surface area contributed by atoms with Crippen molar-refractivity contribution in [2.45, 2.75) is 19.3 Å². The van der Waals surface area contributed by atoms with Gasteiger partial charge in [0.2, 0.25) is 0 Å². The first-order valence-corrected chi connectivity index (χ1v) is 8.12. The number of hydrogen-bond acceptors (Lipinski definition) is 3. The Bertz CT molecular complexity index is 745. The number of rotatable bonds is 7. The largest absolute Gasteiger partial charge is 0.500 e. The van der Waals surface area contributed by atoms with Crippen molar-refractivity contribution in [3.05, 3.63) is 70.4 Å². The van der Waals surface area contributed by atoms with Gasteiger partial charge in [-0.2, -0.15) is 5.26 Å². The number of benzene rings is 2. The van der Waals surface area contributed by atoms with Crippen LogP contribution in [0.25, 0.3) is 5.57 Å². The number of hydrogen-bond donors (Lipinski definition) is 0. The monoisotopic (exact) mass is 341 g/mol. The number of allylic oxidation sites excluding steroid dienone is 2. The third-order valence-corrected chi connectivity index (χ3v) is 4.01. The zero-order valence-electron chi connectivity index (χ0n) is 13.9. The van der Waals surface area contributed by atoms with Crippen LogP contribution < -0.4 is 4.74 Å². The molecule has 0 atom stereocenters. The Balaban J connectivity index is 2.07. The maximum Gasteiger partial charge on any atom is 0.118 e. The van der Waals surface area contributed by atoms with E-state index in [0.29, 0.717) is 22.8 Å². The minimum atomic E-state index is 0.537. The minimum Gasteiger partial charge on any atom is -0.500 e. The van der Waals surface area contributed by atoms with E-state index in [-0.39, 0.29) is 0 Å². The van der Waals surface area contributed by atoms with Crippen LogP contribution in [0.4, 0.5) is 0 Å². The van der Waals surface area contributed by atoms with Crippen LogP contribution in [0.5, 0.6) is 5.75 Å². The van der Waals surface area contributed by atoms with E-state index in [1.807, 2.05) is 24.3 Å². The van der Waals surface area contributed by atoms with Crippen LogP contribution in [0.1, 0.15) is 24.0 Å². The van der Waals surface area contributed by atoms with E-state index in [1.54, 1.807) is 26.4 Å². The van der Waals surface area contributed by atoms with E-state index in [0.717, 1.165) is 24.2 Å². The molecule has 0 aliphatic heterocycles. The van der Waals surface area contributed by atoms with Crippen molar-refractivity contribution in [3.8, 4) is 11.8 Å². The van der Waals surface area contributed by atoms with E-state index >= 15 is 0 Å². The van der Waals surface area contributed by atoms with Crippen LogP contribution in [0.15, 0.2) is 54.3 Å². The Labute approximate surface area is 148 Å². The second-order valence-electron chi connectivity index (χ2n) is 5.33. The summed E-state index contributed by atoms with van der Waals surface area (Å²) in [4.78, 5) is 0. The average Bonchev–Trinajstić information content (AvgIpc) is 2.61. The van der Waals surface area contributed by atoms with Gasteiger partial charge in [-0.1, -0.05) is 35.9 Å². The number of nitriles is 1. The summed E-state index contributed by atoms with van der Waals surface area (Å²) >= 11 is 6.02. The number of halogens is 1. The Morgan fingerprint density at radius 1 is 1.12 bits per heavy atom. The average molecular weight is 342 g/mol. The molecule has 0 saturated carbocycles. The Morgan fingerprint density at radius 3 is 2.46 bits per heavy atom. The molecule has 0 N–H and O–H groups in total. The van der Waals surface area contributed by atoms with Gasteiger partial charge in [0, 0.05) is 11.4 Å². The van der Waals surface area contributed by atoms with E-state index in [1.165, 1.54) is 5.56 Å². The smallest absolute Gasteiger partial charge is 0.118 e. The molecule has 0 aliphatic rings. The first-order valence-electron chi connectivity index (χ1n) is 7.74. The van der Waals surface area contributed by atoms with Crippen LogP contribution in [-0.2, 0) is 11.2 Å². The van der Waals surface area contributed by atoms with Gasteiger partial charge in [-0.3, -0.25) is 0 Å². The molecule has 24 heavy (non-hydrogen) atoms. The summed E-state index contributed by atoms with van der Waals surface area (Å²) in [7, 11) is 3.26. The number of ether oxygens (including phenoxy) is 2. The van der Waals surface area contributed by atoms with Crippen molar-refractivity contribution in [3.63, 3.8) is 0 Å². The standard InChI is InChI=1S/C20H20ClNO2/c1-23-18-11-9-15(10-12-18)5-3-8-20(24-2)19(14-22)16-6-4-7-17(21)13-16/h4,6-7,9-13H,3,5,8H2,1-2H3/b20-19+. The molecule has 2 aromatic carbocycles. The van der Waals surface area contributed by atoms with Gasteiger partial charge in [0.25, 0.3) is 0 Å². The summed E-state index contributed by atoms with van der Waals surface area (Å²) in [6.07, 6.45) is 2.49. The van der Waals surface area contributed by atoms with Gasteiger partial charge < -0.3 is 9.47 Å². The SMILES string of the molecule is CO/C(CCCc1ccc(OC)cc1)=C(\C#N)c1cccc(Cl)c1. The molecule has 0 aliphatic carbocycles. The van der Waals surface area contributed by atoms with Gasteiger partial charge in [-0.25, -0.2) is 0 Å². The van der Waals surface area contributed by atoms with Crippen LogP contribution in [-0.4, -0.2) is 14.2 Å². The summed E-state index contributed by atoms with van der Waals surface area (Å²) in [5, 5.41) is 10.1. The molecular weight excluding hydrogens is 322 g/mol. The fourth-order valence-corrected chi connectivity index (χ4v) is 2.70. The fraction of sp³-hybridized carbons (Fsp3) is 0.250. The van der Waals surface area contributed by atoms with Gasteiger partial charge in [-0.15, -0.1) is 0 Å². The van der Waals surface area contributed by atoms with Crippen LogP contribution in [0.2, 0.25) is 5.02 Å². The Morgan fingerprint density at radius 2 is 1.88 bits per heavy atom. The lowest BCUT2D eigenvalue weighted by atomic mass is 10.0. The summed E-state index contributed by atoms with van der Waals surface area (Å²) in [5.74, 6) is 1.54. The van der Waals surface area contributed by atoms with Crippen molar-refractivity contribution in [2.24, 2.45) is 0 Å². The quantitative estimate of drug-likeness (QED) is 0.510. The molecule has 0 unspecified atom stereocenters. The molecule has 0 amide bonds. The topological polar surface area (TPSA) is 42.2 Å². The molecule has 124 valence electrons. The van der Waals surface area contributed by atoms with Gasteiger partial charge in [0.15, 0.2) is 0 Å². The molecule has 0 fully saturated rings. The molecule has 0 heterocycles. The molecular formula is C20H20ClNO2. The van der Waals surface area contributed by atoms with Crippen molar-refractivity contribution in [1.29, 1.82) is 5.26 Å². The third kappa shape index (κ3) is 4.78. The Hall–Kier alpha value is -2.44. The molecule has 0 saturated heterocycles. The number of aryl methyl sites for hydroxylation is 1. The van der Waals surface area contributed by atoms with E-state index < -0.39 is 0 Å². The molecule has 2 rings (SSSR count). The first kappa shape index (κ1) is 17.9. The highest BCUT2D eigenvalue weighted by Crippen LogP contribution is 2.25. The third-order valence-electron chi connectivity index (χ3n) is 3.78. The van der Waals surface area contributed by atoms with Crippen molar-refractivity contribution < 1.29 is 9.47 Å². The van der Waals surface area contributed by atoms with Crippen LogP contribution in [0.3, 0.4) is 0 Å². The van der Waals surface area contributed by atoms with E-state index in [9.17, 15) is 5.26 Å². The number of methoxy groups -OCH3 is 2. The lowest BCUT2D eigenvalue weighted by Gasteiger charge is -2.10. The highest BCUT2D eigenvalue weighted by atomic mass is 35.5. The molecule has 3 nitrogen and oxygen atoms in total. The summed E-state index contributed by atoms with van der Waals surface area (Å²) in [5.41, 5.74) is 2.55. The van der Waals surface area contributed by atoms with Crippen LogP contribution in [0, 0.1) is 11.3 Å². The molecule has 0 aromatic heterocycles. The van der Waals surface area contributed by atoms with E-state index in [2.05, 4.69) is 18.2 Å². The first-order chi connectivity index (χ1) is 11.7. The summed E-state index contributed by atoms with van der Waals surface area (Å²) in [6.45, 7) is 0. The van der Waals surface area contributed by atoms with Gasteiger partial charge in [-0.05, 0) is 48.2 Å². The zero-order valence-corrected chi connectivity index (χ0v) is 14.6. The second-order valence-corrected chi connectivity index (χ2v) is 5.76. The maximum absolute atomic E-state index is 9.50. The predicted octanol–water partition coefficient (Wildman–Crippen LogP) is 5.25. The molecule has 0 spiro atoms. The maximum atomic E-state index is 9.50. The lowest BCUT2D eigenvalue weighted by Crippen LogP contribution is -1.96. The fourth-order valence-electron chi connectivity index (χ4n) is 2.51. The lowest BCUT2D eigenvalue weighted by molar-refractivity contribution is 0.278. The van der Waals surface area contributed by atoms with Crippen molar-refractivity contribution >= 4 is 17.2 Å². The van der Waals surface area contributed by atoms with E-state index in [4.69, 9.17) is 21.1 Å². The summed E-state index contributed by atoms with van der Waals surface area (Å²) < 4.78 is 10.6. The van der Waals surface area contributed by atoms with Crippen molar-refractivity contribution in [2.75, 3.05) is 14.2 Å². The normalized spacial score (nSPS) is 11.4. The zero-order chi connectivity index (χ0) is 17.4. The van der Waals surface area contributed by atoms with Crippen LogP contribution >= 0.6 is 11.6 Å². The molecule has 4 heteroatoms.